The van der Waals surface area contributed by atoms with E-state index in [1.807, 2.05) is 6.92 Å². The Morgan fingerprint density at radius 1 is 1.50 bits per heavy atom. The zero-order chi connectivity index (χ0) is 6.41. The van der Waals surface area contributed by atoms with Crippen LogP contribution in [0.25, 0.3) is 0 Å². The Hall–Kier alpha value is -0.920. The van der Waals surface area contributed by atoms with Gasteiger partial charge in [0.05, 0.1) is 0 Å². The third kappa shape index (κ3) is 2.29. The van der Waals surface area contributed by atoms with Crippen LogP contribution in [-0.4, -0.2) is 12.4 Å². The first-order chi connectivity index (χ1) is 3.85. The van der Waals surface area contributed by atoms with E-state index < -0.39 is 0 Å². The largest absolute Gasteiger partial charge is 0.309 e. The Balaban J connectivity index is 3.84. The molecular weight excluding hydrogens is 100 g/mol. The van der Waals surface area contributed by atoms with Gasteiger partial charge in [0.1, 0.15) is 0 Å². The molecule has 0 heterocycles. The minimum atomic E-state index is 0.832. The van der Waals surface area contributed by atoms with Gasteiger partial charge in [-0.05, 0) is 18.1 Å². The van der Waals surface area contributed by atoms with Crippen LogP contribution in [0.5, 0.6) is 0 Å². The minimum absolute atomic E-state index is 0.832. The van der Waals surface area contributed by atoms with Crippen LogP contribution in [0, 0.1) is 10.8 Å². The highest BCUT2D eigenvalue weighted by molar-refractivity contribution is 5.83. The van der Waals surface area contributed by atoms with Gasteiger partial charge in [-0.15, -0.1) is 0 Å². The molecule has 0 saturated carbocycles. The van der Waals surface area contributed by atoms with E-state index in [1.165, 1.54) is 12.4 Å². The van der Waals surface area contributed by atoms with Crippen molar-refractivity contribution in [3.8, 4) is 0 Å². The summed E-state index contributed by atoms with van der Waals surface area (Å²) < 4.78 is 0. The van der Waals surface area contributed by atoms with Gasteiger partial charge in [-0.25, -0.2) is 0 Å². The molecule has 2 N–H and O–H groups in total. The van der Waals surface area contributed by atoms with E-state index in [1.54, 1.807) is 6.08 Å². The maximum Gasteiger partial charge on any atom is 0.0210 e. The van der Waals surface area contributed by atoms with Crippen LogP contribution in [0.1, 0.15) is 13.3 Å². The van der Waals surface area contributed by atoms with Gasteiger partial charge in [0.15, 0.2) is 0 Å². The Morgan fingerprint density at radius 3 is 2.25 bits per heavy atom. The maximum atomic E-state index is 6.77. The molecule has 0 aromatic rings. The number of rotatable bonds is 3. The summed E-state index contributed by atoms with van der Waals surface area (Å²) in [6, 6.07) is 0. The molecule has 0 aromatic heterocycles. The van der Waals surface area contributed by atoms with E-state index in [0.29, 0.717) is 0 Å². The molecule has 0 unspecified atom stereocenters. The molecule has 0 radical (unpaired) electrons. The average Bonchev–Trinajstić information content (AvgIpc) is 1.83. The van der Waals surface area contributed by atoms with Crippen LogP contribution in [0.2, 0.25) is 0 Å². The molecular formula is C6H10N2. The summed E-state index contributed by atoms with van der Waals surface area (Å²) in [6.45, 7) is 1.96. The average molecular weight is 110 g/mol. The normalized spacial score (nSPS) is 10.9. The lowest BCUT2D eigenvalue weighted by Gasteiger charge is -1.87. The van der Waals surface area contributed by atoms with Gasteiger partial charge < -0.3 is 10.8 Å². The van der Waals surface area contributed by atoms with Crippen molar-refractivity contribution in [3.63, 3.8) is 0 Å². The van der Waals surface area contributed by atoms with Gasteiger partial charge in [-0.1, -0.05) is 6.92 Å². The smallest absolute Gasteiger partial charge is 0.0210 e. The van der Waals surface area contributed by atoms with Crippen LogP contribution < -0.4 is 0 Å². The SMILES string of the molecule is CC/C(C=N)=C/C=N. The highest BCUT2D eigenvalue weighted by Gasteiger charge is 1.81. The minimum Gasteiger partial charge on any atom is -0.309 e. The van der Waals surface area contributed by atoms with E-state index in [-0.39, 0.29) is 0 Å². The van der Waals surface area contributed by atoms with Crippen LogP contribution in [-0.2, 0) is 0 Å². The number of hydrogen-bond acceptors (Lipinski definition) is 2. The van der Waals surface area contributed by atoms with Crippen LogP contribution >= 0.6 is 0 Å². The Kier molecular flexibility index (Phi) is 3.76. The molecule has 0 atom stereocenters. The van der Waals surface area contributed by atoms with Crippen molar-refractivity contribution < 1.29 is 0 Å². The molecule has 0 aliphatic heterocycles. The van der Waals surface area contributed by atoms with Crippen LogP contribution in [0.4, 0.5) is 0 Å². The predicted octanol–water partition coefficient (Wildman–Crippen LogP) is 1.62. The zero-order valence-corrected chi connectivity index (χ0v) is 4.94. The lowest BCUT2D eigenvalue weighted by molar-refractivity contribution is 1.18. The van der Waals surface area contributed by atoms with E-state index in [2.05, 4.69) is 0 Å². The van der Waals surface area contributed by atoms with Crippen molar-refractivity contribution in [1.29, 1.82) is 10.8 Å². The van der Waals surface area contributed by atoms with Gasteiger partial charge >= 0.3 is 0 Å². The van der Waals surface area contributed by atoms with Crippen molar-refractivity contribution >= 4 is 12.4 Å². The van der Waals surface area contributed by atoms with Crippen molar-refractivity contribution in [1.82, 2.24) is 0 Å². The molecule has 0 saturated heterocycles. The number of allylic oxidation sites excluding steroid dienone is 2. The lowest BCUT2D eigenvalue weighted by Crippen LogP contribution is -1.79. The first kappa shape index (κ1) is 7.08. The first-order valence-electron chi connectivity index (χ1n) is 2.55. The van der Waals surface area contributed by atoms with Crippen molar-refractivity contribution in [2.24, 2.45) is 0 Å². The molecule has 0 rings (SSSR count). The monoisotopic (exact) mass is 110 g/mol. The van der Waals surface area contributed by atoms with Crippen LogP contribution in [0.15, 0.2) is 11.6 Å². The first-order valence-corrected chi connectivity index (χ1v) is 2.55. The summed E-state index contributed by atoms with van der Waals surface area (Å²) >= 11 is 0. The molecule has 0 aromatic carbocycles. The van der Waals surface area contributed by atoms with E-state index >= 15 is 0 Å². The molecule has 8 heavy (non-hydrogen) atoms. The van der Waals surface area contributed by atoms with Gasteiger partial charge in [-0.2, -0.15) is 0 Å². The van der Waals surface area contributed by atoms with Gasteiger partial charge in [0.2, 0.25) is 0 Å². The second kappa shape index (κ2) is 4.24. The molecule has 44 valence electrons. The summed E-state index contributed by atoms with van der Waals surface area (Å²) in [6.07, 6.45) is 4.92. The van der Waals surface area contributed by atoms with Crippen molar-refractivity contribution in [2.45, 2.75) is 13.3 Å². The molecule has 0 bridgehead atoms. The Bertz CT molecular complexity index is 114. The summed E-state index contributed by atoms with van der Waals surface area (Å²) in [5.41, 5.74) is 0.889. The quantitative estimate of drug-likeness (QED) is 0.519. The second-order valence-corrected chi connectivity index (χ2v) is 1.41. The standard InChI is InChI=1S/C6H10N2/c1-2-6(5-8)3-4-7/h3-5,7-8H,2H2,1H3/b6-3-,7-4?,8-5?. The molecule has 0 aliphatic carbocycles. The van der Waals surface area contributed by atoms with Gasteiger partial charge in [-0.3, -0.25) is 0 Å². The third-order valence-electron chi connectivity index (χ3n) is 0.891. The maximum absolute atomic E-state index is 6.77. The summed E-state index contributed by atoms with van der Waals surface area (Å²) in [7, 11) is 0. The number of hydrogen-bond donors (Lipinski definition) is 2. The lowest BCUT2D eigenvalue weighted by atomic mass is 10.2. The molecule has 0 aliphatic rings. The van der Waals surface area contributed by atoms with E-state index in [9.17, 15) is 0 Å². The highest BCUT2D eigenvalue weighted by atomic mass is 14.3. The Labute approximate surface area is 49.2 Å². The fourth-order valence-electron chi connectivity index (χ4n) is 0.375. The second-order valence-electron chi connectivity index (χ2n) is 1.41. The highest BCUT2D eigenvalue weighted by Crippen LogP contribution is 1.92. The molecule has 0 fully saturated rings. The van der Waals surface area contributed by atoms with Crippen LogP contribution in [0.3, 0.4) is 0 Å². The van der Waals surface area contributed by atoms with Crippen molar-refractivity contribution in [2.75, 3.05) is 0 Å². The van der Waals surface area contributed by atoms with Crippen molar-refractivity contribution in [3.05, 3.63) is 11.6 Å². The third-order valence-corrected chi connectivity index (χ3v) is 0.891. The predicted molar refractivity (Wildman–Crippen MR) is 35.9 cm³/mol. The molecule has 2 nitrogen and oxygen atoms in total. The number of nitrogens with one attached hydrogen (secondary N) is 2. The topological polar surface area (TPSA) is 47.7 Å². The summed E-state index contributed by atoms with van der Waals surface area (Å²) in [5.74, 6) is 0. The van der Waals surface area contributed by atoms with E-state index in [0.717, 1.165) is 12.0 Å². The zero-order valence-electron chi connectivity index (χ0n) is 4.94. The summed E-state index contributed by atoms with van der Waals surface area (Å²) in [5, 5.41) is 13.4. The fourth-order valence-corrected chi connectivity index (χ4v) is 0.375. The van der Waals surface area contributed by atoms with Gasteiger partial charge in [0.25, 0.3) is 0 Å². The van der Waals surface area contributed by atoms with Gasteiger partial charge in [0, 0.05) is 12.4 Å². The fraction of sp³-hybridized carbons (Fsp3) is 0.333. The molecule has 0 amide bonds. The Morgan fingerprint density at radius 2 is 2.12 bits per heavy atom. The summed E-state index contributed by atoms with van der Waals surface area (Å²) in [4.78, 5) is 0. The molecule has 0 spiro atoms. The molecule has 2 heteroatoms. The van der Waals surface area contributed by atoms with E-state index in [4.69, 9.17) is 10.8 Å².